The Kier molecular flexibility index (Phi) is 5.17. The standard InChI is InChI=1S/C16H17N7O5S2/c1-6-3-8(23-16(18-6)19-11(20-23)13(25)21(2)28)29-4-7-5-30-14-9(17)12(24)22(14)10(7)15(26)27/h3,9,14,28H,4-5,17H2,1-2H3,(H,26,27)/t9-,14-/m1/s1. The van der Waals surface area contributed by atoms with Gasteiger partial charge in [0.1, 0.15) is 22.1 Å². The topological polar surface area (TPSA) is 167 Å². The minimum absolute atomic E-state index is 0.0312. The Morgan fingerprint density at radius 2 is 2.17 bits per heavy atom. The number of aromatic nitrogens is 4. The van der Waals surface area contributed by atoms with E-state index >= 15 is 0 Å². The molecule has 2 amide bonds. The molecule has 2 aromatic heterocycles. The number of aryl methyl sites for hydroxylation is 1. The smallest absolute Gasteiger partial charge is 0.352 e. The summed E-state index contributed by atoms with van der Waals surface area (Å²) in [5.74, 6) is -1.69. The molecule has 158 valence electrons. The third kappa shape index (κ3) is 3.30. The number of hydrogen-bond donors (Lipinski definition) is 3. The van der Waals surface area contributed by atoms with Gasteiger partial charge in [0.25, 0.3) is 5.78 Å². The van der Waals surface area contributed by atoms with Gasteiger partial charge >= 0.3 is 11.9 Å². The molecule has 0 saturated carbocycles. The van der Waals surface area contributed by atoms with E-state index in [9.17, 15) is 24.7 Å². The molecule has 30 heavy (non-hydrogen) atoms. The predicted octanol–water partition coefficient (Wildman–Crippen LogP) is -0.433. The van der Waals surface area contributed by atoms with Crippen LogP contribution in [-0.2, 0) is 9.59 Å². The van der Waals surface area contributed by atoms with E-state index in [1.54, 1.807) is 13.0 Å². The van der Waals surface area contributed by atoms with Crippen molar-refractivity contribution in [1.82, 2.24) is 29.5 Å². The number of nitrogens with two attached hydrogens (primary N) is 1. The normalized spacial score (nSPS) is 20.9. The maximum Gasteiger partial charge on any atom is 0.352 e. The lowest BCUT2D eigenvalue weighted by Crippen LogP contribution is -2.68. The van der Waals surface area contributed by atoms with Crippen LogP contribution in [0.2, 0.25) is 0 Å². The molecule has 4 heterocycles. The van der Waals surface area contributed by atoms with Gasteiger partial charge in [0.15, 0.2) is 0 Å². The molecule has 14 heteroatoms. The summed E-state index contributed by atoms with van der Waals surface area (Å²) in [6.07, 6.45) is 0. The van der Waals surface area contributed by atoms with E-state index < -0.39 is 23.8 Å². The maximum absolute atomic E-state index is 12.1. The summed E-state index contributed by atoms with van der Waals surface area (Å²) in [6.45, 7) is 1.75. The minimum atomic E-state index is -1.17. The largest absolute Gasteiger partial charge is 0.477 e. The van der Waals surface area contributed by atoms with E-state index in [0.717, 1.165) is 0 Å². The number of carboxylic acid groups (broad SMARTS) is 1. The maximum atomic E-state index is 12.1. The van der Waals surface area contributed by atoms with Crippen molar-refractivity contribution in [3.8, 4) is 0 Å². The lowest BCUT2D eigenvalue weighted by molar-refractivity contribution is -0.147. The van der Waals surface area contributed by atoms with Crippen molar-refractivity contribution in [2.45, 2.75) is 23.4 Å². The number of thioether (sulfide) groups is 2. The third-order valence-electron chi connectivity index (χ3n) is 4.58. The van der Waals surface area contributed by atoms with E-state index in [0.29, 0.717) is 27.1 Å². The van der Waals surface area contributed by atoms with Crippen LogP contribution in [0.3, 0.4) is 0 Å². The summed E-state index contributed by atoms with van der Waals surface area (Å²) in [5.41, 5.74) is 6.95. The van der Waals surface area contributed by atoms with Crippen LogP contribution in [-0.4, -0.2) is 87.6 Å². The average molecular weight is 451 g/mol. The molecule has 4 rings (SSSR count). The number of hydroxylamine groups is 2. The van der Waals surface area contributed by atoms with Gasteiger partial charge in [-0.25, -0.2) is 14.8 Å². The fourth-order valence-electron chi connectivity index (χ4n) is 3.14. The van der Waals surface area contributed by atoms with Crippen molar-refractivity contribution in [1.29, 1.82) is 0 Å². The highest BCUT2D eigenvalue weighted by atomic mass is 32.2. The number of carbonyl (C=O) groups excluding carboxylic acids is 2. The highest BCUT2D eigenvalue weighted by Gasteiger charge is 2.51. The van der Waals surface area contributed by atoms with Gasteiger partial charge in [-0.2, -0.15) is 9.50 Å². The zero-order valence-corrected chi connectivity index (χ0v) is 17.5. The second kappa shape index (κ2) is 7.54. The number of β-lactam (4-membered cyclic amide) rings is 1. The Morgan fingerprint density at radius 1 is 1.43 bits per heavy atom. The predicted molar refractivity (Wildman–Crippen MR) is 106 cm³/mol. The van der Waals surface area contributed by atoms with E-state index in [1.165, 1.54) is 40.0 Å². The molecule has 1 saturated heterocycles. The molecule has 2 aromatic rings. The van der Waals surface area contributed by atoms with Crippen LogP contribution in [0.15, 0.2) is 22.4 Å². The highest BCUT2D eigenvalue weighted by molar-refractivity contribution is 8.01. The Hall–Kier alpha value is -2.68. The first-order valence-corrected chi connectivity index (χ1v) is 10.7. The quantitative estimate of drug-likeness (QED) is 0.177. The van der Waals surface area contributed by atoms with Crippen LogP contribution < -0.4 is 5.73 Å². The molecule has 2 aliphatic heterocycles. The van der Waals surface area contributed by atoms with Gasteiger partial charge in [-0.15, -0.1) is 28.6 Å². The first-order chi connectivity index (χ1) is 14.2. The van der Waals surface area contributed by atoms with Gasteiger partial charge in [-0.05, 0) is 18.6 Å². The SMILES string of the molecule is Cc1cc(SCC2=C(C(=O)O)N3C(=O)[C@@H](N)[C@H]3SC2)n2nc(C(=O)N(C)O)nc2n1. The molecule has 12 nitrogen and oxygen atoms in total. The molecule has 0 aliphatic carbocycles. The average Bonchev–Trinajstić information content (AvgIpc) is 3.13. The summed E-state index contributed by atoms with van der Waals surface area (Å²) >= 11 is 2.71. The molecule has 0 aromatic carbocycles. The van der Waals surface area contributed by atoms with Crippen molar-refractivity contribution in [3.05, 3.63) is 28.9 Å². The van der Waals surface area contributed by atoms with Crippen molar-refractivity contribution < 1.29 is 24.7 Å². The number of fused-ring (bicyclic) bond motifs is 2. The first-order valence-electron chi connectivity index (χ1n) is 8.68. The van der Waals surface area contributed by atoms with Gasteiger partial charge in [0, 0.05) is 24.2 Å². The van der Waals surface area contributed by atoms with Gasteiger partial charge in [-0.3, -0.25) is 19.7 Å². The molecular formula is C16H17N7O5S2. The Bertz CT molecular complexity index is 1110. The van der Waals surface area contributed by atoms with Gasteiger partial charge < -0.3 is 10.8 Å². The summed E-state index contributed by atoms with van der Waals surface area (Å²) in [6, 6.07) is 1.05. The number of rotatable bonds is 5. The van der Waals surface area contributed by atoms with Crippen LogP contribution in [0.4, 0.5) is 0 Å². The number of nitrogens with zero attached hydrogens (tertiary/aromatic N) is 6. The first kappa shape index (κ1) is 20.6. The Morgan fingerprint density at radius 3 is 2.83 bits per heavy atom. The molecule has 4 N–H and O–H groups in total. The zero-order chi connectivity index (χ0) is 21.7. The van der Waals surface area contributed by atoms with Gasteiger partial charge in [-0.1, -0.05) is 0 Å². The Balaban J connectivity index is 1.65. The van der Waals surface area contributed by atoms with E-state index in [2.05, 4.69) is 15.1 Å². The van der Waals surface area contributed by atoms with E-state index in [1.807, 2.05) is 0 Å². The monoisotopic (exact) mass is 451 g/mol. The van der Waals surface area contributed by atoms with Crippen LogP contribution in [0.5, 0.6) is 0 Å². The lowest BCUT2D eigenvalue weighted by atomic mass is 10.0. The molecular weight excluding hydrogens is 434 g/mol. The molecule has 2 atom stereocenters. The molecule has 0 bridgehead atoms. The highest BCUT2D eigenvalue weighted by Crippen LogP contribution is 2.40. The second-order valence-electron chi connectivity index (χ2n) is 6.69. The number of hydrogen-bond acceptors (Lipinski definition) is 10. The number of carboxylic acids is 1. The summed E-state index contributed by atoms with van der Waals surface area (Å²) in [5, 5.41) is 23.7. The summed E-state index contributed by atoms with van der Waals surface area (Å²) < 4.78 is 1.36. The molecule has 0 spiro atoms. The second-order valence-corrected chi connectivity index (χ2v) is 8.79. The van der Waals surface area contributed by atoms with Crippen LogP contribution in [0.1, 0.15) is 16.3 Å². The van der Waals surface area contributed by atoms with Gasteiger partial charge in [0.2, 0.25) is 11.7 Å². The number of carbonyl (C=O) groups is 3. The fourth-order valence-corrected chi connectivity index (χ4v) is 5.63. The molecule has 0 radical (unpaired) electrons. The Labute approximate surface area is 178 Å². The third-order valence-corrected chi connectivity index (χ3v) is 7.02. The van der Waals surface area contributed by atoms with Crippen molar-refractivity contribution in [2.24, 2.45) is 5.73 Å². The van der Waals surface area contributed by atoms with Crippen LogP contribution in [0, 0.1) is 6.92 Å². The van der Waals surface area contributed by atoms with Crippen molar-refractivity contribution in [2.75, 3.05) is 18.6 Å². The molecule has 0 unspecified atom stereocenters. The fraction of sp³-hybridized carbons (Fsp3) is 0.375. The summed E-state index contributed by atoms with van der Waals surface area (Å²) in [4.78, 5) is 45.3. The van der Waals surface area contributed by atoms with E-state index in [-0.39, 0.29) is 28.4 Å². The number of amides is 2. The van der Waals surface area contributed by atoms with Crippen molar-refractivity contribution >= 4 is 47.1 Å². The van der Waals surface area contributed by atoms with E-state index in [4.69, 9.17) is 5.73 Å². The molecule has 1 fully saturated rings. The lowest BCUT2D eigenvalue weighted by Gasteiger charge is -2.48. The zero-order valence-electron chi connectivity index (χ0n) is 15.8. The van der Waals surface area contributed by atoms with Crippen molar-refractivity contribution in [3.63, 3.8) is 0 Å². The summed E-state index contributed by atoms with van der Waals surface area (Å²) in [7, 11) is 1.17. The minimum Gasteiger partial charge on any atom is -0.477 e. The van der Waals surface area contributed by atoms with Gasteiger partial charge in [0.05, 0.1) is 0 Å². The van der Waals surface area contributed by atoms with Crippen LogP contribution in [0.25, 0.3) is 5.78 Å². The van der Waals surface area contributed by atoms with Crippen LogP contribution >= 0.6 is 23.5 Å². The molecule has 2 aliphatic rings. The number of aliphatic carboxylic acids is 1.